The summed E-state index contributed by atoms with van der Waals surface area (Å²) in [7, 11) is 0. The van der Waals surface area contributed by atoms with Crippen LogP contribution in [0.3, 0.4) is 0 Å². The minimum Gasteiger partial charge on any atom is -0.347 e. The van der Waals surface area contributed by atoms with Gasteiger partial charge in [0.25, 0.3) is 0 Å². The molecule has 0 bridgehead atoms. The van der Waals surface area contributed by atoms with Gasteiger partial charge in [-0.3, -0.25) is 0 Å². The molecular weight excluding hydrogens is 278 g/mol. The van der Waals surface area contributed by atoms with E-state index in [0.717, 1.165) is 6.54 Å². The summed E-state index contributed by atoms with van der Waals surface area (Å²) in [6, 6.07) is 20.3. The number of aryl methyl sites for hydroxylation is 1. The molecule has 0 amide bonds. The van der Waals surface area contributed by atoms with Gasteiger partial charge in [-0.25, -0.2) is 0 Å². The highest BCUT2D eigenvalue weighted by Crippen LogP contribution is 2.45. The zero-order chi connectivity index (χ0) is 15.1. The molecule has 0 atom stereocenters. The molecule has 0 saturated heterocycles. The van der Waals surface area contributed by atoms with Crippen LogP contribution >= 0.6 is 0 Å². The minimum absolute atomic E-state index is 1.00. The van der Waals surface area contributed by atoms with E-state index < -0.39 is 0 Å². The highest BCUT2D eigenvalue weighted by atomic mass is 14.9. The molecule has 0 radical (unpaired) electrons. The van der Waals surface area contributed by atoms with Gasteiger partial charge in [0.2, 0.25) is 0 Å². The topological polar surface area (TPSA) is 4.93 Å². The lowest BCUT2D eigenvalue weighted by Gasteiger charge is -2.15. The summed E-state index contributed by atoms with van der Waals surface area (Å²) < 4.78 is 2.41. The van der Waals surface area contributed by atoms with Crippen molar-refractivity contribution < 1.29 is 0 Å². The van der Waals surface area contributed by atoms with Crippen molar-refractivity contribution in [1.29, 1.82) is 0 Å². The molecule has 5 aromatic carbocycles. The van der Waals surface area contributed by atoms with Crippen LogP contribution in [0.15, 0.2) is 60.8 Å². The SMILES string of the molecule is CCn1cc2ccc3ccc4ccc5cccc6c5c4c3c2c61. The molecule has 0 aliphatic carbocycles. The number of nitrogens with zero attached hydrogens (tertiary/aromatic N) is 1. The number of rotatable bonds is 1. The highest BCUT2D eigenvalue weighted by molar-refractivity contribution is 6.39. The first-order valence-corrected chi connectivity index (χ1v) is 8.27. The van der Waals surface area contributed by atoms with Crippen LogP contribution < -0.4 is 0 Å². The standard InChI is InChI=1S/C22H15N/c1-2-23-12-16-11-10-15-9-8-14-7-6-13-4-3-5-17-18(13)19(14)20(15)21(16)22(17)23/h3-12H,2H2,1H3. The van der Waals surface area contributed by atoms with Crippen LogP contribution in [0.2, 0.25) is 0 Å². The van der Waals surface area contributed by atoms with Crippen LogP contribution in [-0.2, 0) is 6.54 Å². The Morgan fingerprint density at radius 3 is 1.96 bits per heavy atom. The Hall–Kier alpha value is -2.80. The van der Waals surface area contributed by atoms with E-state index in [2.05, 4.69) is 72.3 Å². The minimum atomic E-state index is 1.00. The van der Waals surface area contributed by atoms with Gasteiger partial charge in [-0.1, -0.05) is 54.6 Å². The average Bonchev–Trinajstić information content (AvgIpc) is 2.99. The number of fused-ring (bicyclic) bond motifs is 1. The molecule has 0 aliphatic heterocycles. The second kappa shape index (κ2) is 3.75. The average molecular weight is 293 g/mol. The molecule has 0 N–H and O–H groups in total. The summed E-state index contributed by atoms with van der Waals surface area (Å²) >= 11 is 0. The third kappa shape index (κ3) is 1.22. The van der Waals surface area contributed by atoms with Crippen molar-refractivity contribution in [1.82, 2.24) is 4.57 Å². The zero-order valence-corrected chi connectivity index (χ0v) is 12.9. The van der Waals surface area contributed by atoms with Gasteiger partial charge in [0, 0.05) is 34.3 Å². The summed E-state index contributed by atoms with van der Waals surface area (Å²) in [5.41, 5.74) is 1.39. The van der Waals surface area contributed by atoms with Crippen LogP contribution in [-0.4, -0.2) is 4.57 Å². The Balaban J connectivity index is 2.17. The highest BCUT2D eigenvalue weighted by Gasteiger charge is 2.18. The third-order valence-electron chi connectivity index (χ3n) is 5.45. The third-order valence-corrected chi connectivity index (χ3v) is 5.45. The van der Waals surface area contributed by atoms with Gasteiger partial charge in [0.1, 0.15) is 0 Å². The van der Waals surface area contributed by atoms with Crippen LogP contribution in [0.4, 0.5) is 0 Å². The van der Waals surface area contributed by atoms with Crippen LogP contribution in [0.5, 0.6) is 0 Å². The second-order valence-corrected chi connectivity index (χ2v) is 6.52. The molecule has 6 aromatic rings. The molecule has 108 valence electrons. The summed E-state index contributed by atoms with van der Waals surface area (Å²) in [6.45, 7) is 3.23. The maximum absolute atomic E-state index is 2.41. The van der Waals surface area contributed by atoms with E-state index in [4.69, 9.17) is 0 Å². The van der Waals surface area contributed by atoms with E-state index in [-0.39, 0.29) is 0 Å². The fraction of sp³-hybridized carbons (Fsp3) is 0.0909. The molecule has 0 spiro atoms. The Morgan fingerprint density at radius 1 is 0.652 bits per heavy atom. The Morgan fingerprint density at radius 2 is 1.26 bits per heavy atom. The maximum Gasteiger partial charge on any atom is 0.0573 e. The monoisotopic (exact) mass is 293 g/mol. The van der Waals surface area contributed by atoms with E-state index in [1.807, 2.05) is 0 Å². The van der Waals surface area contributed by atoms with Crippen molar-refractivity contribution >= 4 is 54.0 Å². The molecule has 23 heavy (non-hydrogen) atoms. The Kier molecular flexibility index (Phi) is 1.91. The molecule has 1 aromatic heterocycles. The van der Waals surface area contributed by atoms with Crippen molar-refractivity contribution in [3.8, 4) is 0 Å². The summed E-state index contributed by atoms with van der Waals surface area (Å²) in [4.78, 5) is 0. The van der Waals surface area contributed by atoms with E-state index >= 15 is 0 Å². The smallest absolute Gasteiger partial charge is 0.0573 e. The maximum atomic E-state index is 2.41. The first-order valence-electron chi connectivity index (χ1n) is 8.27. The molecule has 6 rings (SSSR count). The lowest BCUT2D eigenvalue weighted by molar-refractivity contribution is 0.802. The summed E-state index contributed by atoms with van der Waals surface area (Å²) in [5, 5.41) is 12.5. The van der Waals surface area contributed by atoms with E-state index in [1.54, 1.807) is 0 Å². The largest absolute Gasteiger partial charge is 0.347 e. The van der Waals surface area contributed by atoms with E-state index in [0.29, 0.717) is 0 Å². The number of aromatic nitrogens is 1. The second-order valence-electron chi connectivity index (χ2n) is 6.52. The number of hydrogen-bond acceptors (Lipinski definition) is 0. The number of benzene rings is 5. The van der Waals surface area contributed by atoms with E-state index in [1.165, 1.54) is 54.0 Å². The van der Waals surface area contributed by atoms with Gasteiger partial charge in [-0.2, -0.15) is 0 Å². The summed E-state index contributed by atoms with van der Waals surface area (Å²) in [6.07, 6.45) is 2.31. The fourth-order valence-corrected chi connectivity index (χ4v) is 4.50. The number of hydrogen-bond donors (Lipinski definition) is 0. The molecule has 0 aliphatic rings. The van der Waals surface area contributed by atoms with Gasteiger partial charge in [0.05, 0.1) is 5.52 Å². The lowest BCUT2D eigenvalue weighted by atomic mass is 9.89. The summed E-state index contributed by atoms with van der Waals surface area (Å²) in [5.74, 6) is 0. The van der Waals surface area contributed by atoms with Gasteiger partial charge in [0.15, 0.2) is 0 Å². The predicted molar refractivity (Wildman–Crippen MR) is 100 cm³/mol. The fourth-order valence-electron chi connectivity index (χ4n) is 4.50. The first kappa shape index (κ1) is 11.7. The molecule has 0 unspecified atom stereocenters. The predicted octanol–water partition coefficient (Wildman–Crippen LogP) is 6.15. The van der Waals surface area contributed by atoms with Crippen LogP contribution in [0.1, 0.15) is 6.92 Å². The molecular formula is C22H15N. The zero-order valence-electron chi connectivity index (χ0n) is 12.9. The molecule has 1 nitrogen and oxygen atoms in total. The lowest BCUT2D eigenvalue weighted by Crippen LogP contribution is -1.93. The quantitative estimate of drug-likeness (QED) is 0.253. The normalized spacial score (nSPS) is 12.7. The van der Waals surface area contributed by atoms with Gasteiger partial charge in [-0.05, 0) is 33.9 Å². The van der Waals surface area contributed by atoms with Crippen molar-refractivity contribution in [2.45, 2.75) is 13.5 Å². The molecule has 0 saturated carbocycles. The van der Waals surface area contributed by atoms with Gasteiger partial charge in [-0.15, -0.1) is 0 Å². The van der Waals surface area contributed by atoms with Crippen molar-refractivity contribution in [2.75, 3.05) is 0 Å². The molecule has 1 heteroatoms. The van der Waals surface area contributed by atoms with E-state index in [9.17, 15) is 0 Å². The first-order chi connectivity index (χ1) is 11.4. The Labute approximate surface area is 133 Å². The van der Waals surface area contributed by atoms with Crippen molar-refractivity contribution in [3.05, 3.63) is 60.8 Å². The van der Waals surface area contributed by atoms with Crippen LogP contribution in [0.25, 0.3) is 54.0 Å². The molecule has 1 heterocycles. The molecule has 0 fully saturated rings. The Bertz CT molecular complexity index is 1330. The van der Waals surface area contributed by atoms with Crippen molar-refractivity contribution in [3.63, 3.8) is 0 Å². The van der Waals surface area contributed by atoms with Crippen molar-refractivity contribution in [2.24, 2.45) is 0 Å². The van der Waals surface area contributed by atoms with Crippen LogP contribution in [0, 0.1) is 0 Å². The van der Waals surface area contributed by atoms with Gasteiger partial charge < -0.3 is 4.57 Å². The van der Waals surface area contributed by atoms with Gasteiger partial charge >= 0.3 is 0 Å².